The lowest BCUT2D eigenvalue weighted by molar-refractivity contribution is 0.0894. The predicted molar refractivity (Wildman–Crippen MR) is 81.1 cm³/mol. The molecule has 2 N–H and O–H groups in total. The van der Waals surface area contributed by atoms with Crippen LogP contribution in [0, 0.1) is 0 Å². The van der Waals surface area contributed by atoms with Crippen LogP contribution in [-0.4, -0.2) is 44.8 Å². The minimum Gasteiger partial charge on any atom is -0.382 e. The zero-order valence-electron chi connectivity index (χ0n) is 11.8. The molecule has 0 spiro atoms. The van der Waals surface area contributed by atoms with E-state index >= 15 is 0 Å². The van der Waals surface area contributed by atoms with Crippen molar-refractivity contribution >= 4 is 32.2 Å². The first-order valence-electron chi connectivity index (χ1n) is 6.75. The summed E-state index contributed by atoms with van der Waals surface area (Å²) in [5.41, 5.74) is 5.79. The number of sulfone groups is 1. The number of nitrogen functional groups attached to an aromatic ring is 1. The average molecular weight is 319 g/mol. The number of anilines is 2. The van der Waals surface area contributed by atoms with E-state index in [1.54, 1.807) is 7.11 Å². The van der Waals surface area contributed by atoms with Gasteiger partial charge in [-0.2, -0.15) is 4.37 Å². The zero-order chi connectivity index (χ0) is 14.8. The maximum atomic E-state index is 12.4. The summed E-state index contributed by atoms with van der Waals surface area (Å²) in [4.78, 5) is 2.25. The summed E-state index contributed by atoms with van der Waals surface area (Å²) in [6.07, 6.45) is 2.67. The first-order chi connectivity index (χ1) is 9.49. The molecule has 0 radical (unpaired) electrons. The van der Waals surface area contributed by atoms with Crippen LogP contribution < -0.4 is 10.6 Å². The summed E-state index contributed by atoms with van der Waals surface area (Å²) < 4.78 is 34.1. The van der Waals surface area contributed by atoms with Crippen LogP contribution in [0.4, 0.5) is 10.8 Å². The summed E-state index contributed by atoms with van der Waals surface area (Å²) >= 11 is 1.16. The third-order valence-electron chi connectivity index (χ3n) is 3.44. The molecule has 0 aliphatic carbocycles. The van der Waals surface area contributed by atoms with Gasteiger partial charge in [0, 0.05) is 20.2 Å². The number of rotatable bonds is 5. The van der Waals surface area contributed by atoms with Crippen molar-refractivity contribution in [1.82, 2.24) is 4.37 Å². The Morgan fingerprint density at radius 2 is 2.30 bits per heavy atom. The maximum absolute atomic E-state index is 12.4. The maximum Gasteiger partial charge on any atom is 0.185 e. The van der Waals surface area contributed by atoms with E-state index in [1.165, 1.54) is 0 Å². The second-order valence-electron chi connectivity index (χ2n) is 4.97. The molecule has 1 aromatic rings. The van der Waals surface area contributed by atoms with Crippen LogP contribution >= 0.6 is 11.5 Å². The van der Waals surface area contributed by atoms with E-state index in [0.717, 1.165) is 30.9 Å². The van der Waals surface area contributed by atoms with Crippen LogP contribution in [-0.2, 0) is 14.6 Å². The Balaban J connectivity index is 2.34. The number of hydrogen-bond acceptors (Lipinski definition) is 7. The zero-order valence-corrected chi connectivity index (χ0v) is 13.5. The Kier molecular flexibility index (Phi) is 4.87. The van der Waals surface area contributed by atoms with Crippen molar-refractivity contribution < 1.29 is 13.2 Å². The van der Waals surface area contributed by atoms with Crippen LogP contribution in [0.25, 0.3) is 0 Å². The van der Waals surface area contributed by atoms with Gasteiger partial charge in [0.25, 0.3) is 0 Å². The Morgan fingerprint density at radius 3 is 2.95 bits per heavy atom. The third-order valence-corrected chi connectivity index (χ3v) is 6.46. The van der Waals surface area contributed by atoms with Gasteiger partial charge in [-0.05, 0) is 30.8 Å². The largest absolute Gasteiger partial charge is 0.382 e. The summed E-state index contributed by atoms with van der Waals surface area (Å²) in [6.45, 7) is 3.35. The highest BCUT2D eigenvalue weighted by Crippen LogP contribution is 2.37. The van der Waals surface area contributed by atoms with Crippen LogP contribution in [0.15, 0.2) is 4.90 Å². The quantitative estimate of drug-likeness (QED) is 0.885. The minimum atomic E-state index is -3.36. The second-order valence-corrected chi connectivity index (χ2v) is 7.76. The van der Waals surface area contributed by atoms with Crippen molar-refractivity contribution in [3.05, 3.63) is 0 Å². The van der Waals surface area contributed by atoms with Gasteiger partial charge in [0.2, 0.25) is 0 Å². The molecule has 1 aromatic heterocycles. The summed E-state index contributed by atoms with van der Waals surface area (Å²) in [5.74, 6) is 0.224. The van der Waals surface area contributed by atoms with E-state index < -0.39 is 9.84 Å². The molecule has 1 atom stereocenters. The molecule has 20 heavy (non-hydrogen) atoms. The van der Waals surface area contributed by atoms with Crippen molar-refractivity contribution in [3.63, 3.8) is 0 Å². The first kappa shape index (κ1) is 15.5. The molecule has 1 aliphatic heterocycles. The van der Waals surface area contributed by atoms with Gasteiger partial charge in [-0.25, -0.2) is 8.42 Å². The molecule has 1 saturated heterocycles. The van der Waals surface area contributed by atoms with Crippen molar-refractivity contribution in [2.75, 3.05) is 36.6 Å². The van der Waals surface area contributed by atoms with Crippen molar-refractivity contribution in [1.29, 1.82) is 0 Å². The molecule has 2 rings (SSSR count). The van der Waals surface area contributed by atoms with Gasteiger partial charge in [-0.3, -0.25) is 0 Å². The molecular weight excluding hydrogens is 298 g/mol. The van der Waals surface area contributed by atoms with E-state index in [-0.39, 0.29) is 22.6 Å². The molecule has 1 aliphatic rings. The van der Waals surface area contributed by atoms with Crippen molar-refractivity contribution in [2.24, 2.45) is 0 Å². The molecule has 8 heteroatoms. The lowest BCUT2D eigenvalue weighted by Crippen LogP contribution is -2.39. The number of nitrogens with two attached hydrogens (primary N) is 1. The minimum absolute atomic E-state index is 0.101. The van der Waals surface area contributed by atoms with Crippen LogP contribution in [0.1, 0.15) is 26.2 Å². The SMILES string of the molecule is CCCS(=O)(=O)c1c(N)nsc1N1CCCC(OC)C1. The Bertz CT molecular complexity index is 556. The summed E-state index contributed by atoms with van der Waals surface area (Å²) in [7, 11) is -1.68. The lowest BCUT2D eigenvalue weighted by atomic mass is 10.1. The first-order valence-corrected chi connectivity index (χ1v) is 9.17. The Morgan fingerprint density at radius 1 is 1.55 bits per heavy atom. The molecule has 1 unspecified atom stereocenters. The smallest absolute Gasteiger partial charge is 0.185 e. The van der Waals surface area contributed by atoms with E-state index in [2.05, 4.69) is 4.37 Å². The molecule has 1 fully saturated rings. The number of piperidine rings is 1. The lowest BCUT2D eigenvalue weighted by Gasteiger charge is -2.32. The molecule has 2 heterocycles. The molecule has 114 valence electrons. The molecule has 6 nitrogen and oxygen atoms in total. The van der Waals surface area contributed by atoms with E-state index in [9.17, 15) is 8.42 Å². The van der Waals surface area contributed by atoms with E-state index in [1.807, 2.05) is 11.8 Å². The molecule has 0 saturated carbocycles. The molecule has 0 bridgehead atoms. The van der Waals surface area contributed by atoms with Gasteiger partial charge in [0.15, 0.2) is 15.7 Å². The second kappa shape index (κ2) is 6.28. The van der Waals surface area contributed by atoms with Gasteiger partial charge >= 0.3 is 0 Å². The standard InChI is InChI=1S/C12H21N3O3S2/c1-3-7-20(16,17)10-11(13)14-19-12(10)15-6-4-5-9(8-15)18-2/h9H,3-8H2,1-2H3,(H2,13,14). The summed E-state index contributed by atoms with van der Waals surface area (Å²) in [6, 6.07) is 0. The number of aromatic nitrogens is 1. The van der Waals surface area contributed by atoms with E-state index in [4.69, 9.17) is 10.5 Å². The van der Waals surface area contributed by atoms with Gasteiger partial charge in [-0.15, -0.1) is 0 Å². The highest BCUT2D eigenvalue weighted by molar-refractivity contribution is 7.91. The number of hydrogen-bond donors (Lipinski definition) is 1. The van der Waals surface area contributed by atoms with Gasteiger partial charge in [-0.1, -0.05) is 6.92 Å². The topological polar surface area (TPSA) is 85.5 Å². The van der Waals surface area contributed by atoms with Gasteiger partial charge in [0.05, 0.1) is 11.9 Å². The Labute approximate surface area is 124 Å². The van der Waals surface area contributed by atoms with Crippen molar-refractivity contribution in [3.8, 4) is 0 Å². The van der Waals surface area contributed by atoms with Gasteiger partial charge in [0.1, 0.15) is 9.90 Å². The highest BCUT2D eigenvalue weighted by Gasteiger charge is 2.30. The monoisotopic (exact) mass is 319 g/mol. The van der Waals surface area contributed by atoms with Crippen molar-refractivity contribution in [2.45, 2.75) is 37.2 Å². The fraction of sp³-hybridized carbons (Fsp3) is 0.750. The predicted octanol–water partition coefficient (Wildman–Crippen LogP) is 1.52. The number of nitrogens with zero attached hydrogens (tertiary/aromatic N) is 2. The molecule has 0 aromatic carbocycles. The van der Waals surface area contributed by atoms with E-state index in [0.29, 0.717) is 18.0 Å². The molecule has 0 amide bonds. The van der Waals surface area contributed by atoms with Crippen LogP contribution in [0.3, 0.4) is 0 Å². The fourth-order valence-corrected chi connectivity index (χ4v) is 5.26. The third kappa shape index (κ3) is 3.07. The van der Waals surface area contributed by atoms with Crippen LogP contribution in [0.5, 0.6) is 0 Å². The highest BCUT2D eigenvalue weighted by atomic mass is 32.2. The fourth-order valence-electron chi connectivity index (χ4n) is 2.46. The number of ether oxygens (including phenoxy) is 1. The molecular formula is C12H21N3O3S2. The normalized spacial score (nSPS) is 20.3. The number of methoxy groups -OCH3 is 1. The van der Waals surface area contributed by atoms with Gasteiger partial charge < -0.3 is 15.4 Å². The summed E-state index contributed by atoms with van der Waals surface area (Å²) in [5, 5.41) is 0.665. The average Bonchev–Trinajstić information content (AvgIpc) is 2.81. The van der Waals surface area contributed by atoms with Crippen LogP contribution in [0.2, 0.25) is 0 Å². The Hall–Kier alpha value is -0.860.